The van der Waals surface area contributed by atoms with Crippen molar-refractivity contribution in [3.63, 3.8) is 0 Å². The summed E-state index contributed by atoms with van der Waals surface area (Å²) in [6.45, 7) is -0.253. The van der Waals surface area contributed by atoms with Gasteiger partial charge in [-0.25, -0.2) is 0 Å². The van der Waals surface area contributed by atoms with Crippen LogP contribution in [0.15, 0.2) is 28.4 Å². The zero-order valence-electron chi connectivity index (χ0n) is 5.82. The van der Waals surface area contributed by atoms with Crippen molar-refractivity contribution in [3.8, 4) is 6.07 Å². The number of rotatable bonds is 2. The van der Waals surface area contributed by atoms with E-state index in [9.17, 15) is 0 Å². The van der Waals surface area contributed by atoms with Crippen LogP contribution in [0.5, 0.6) is 0 Å². The van der Waals surface area contributed by atoms with Crippen LogP contribution in [0.4, 0.5) is 0 Å². The van der Waals surface area contributed by atoms with E-state index in [1.165, 1.54) is 12.3 Å². The number of hydrogen-bond donors (Lipinski definition) is 1. The van der Waals surface area contributed by atoms with Crippen LogP contribution in [-0.4, -0.2) is 11.7 Å². The highest BCUT2D eigenvalue weighted by molar-refractivity contribution is 5.52. The first-order valence-electron chi connectivity index (χ1n) is 3.12. The van der Waals surface area contributed by atoms with Gasteiger partial charge in [-0.1, -0.05) is 0 Å². The zero-order valence-corrected chi connectivity index (χ0v) is 5.82. The van der Waals surface area contributed by atoms with Crippen LogP contribution in [0, 0.1) is 11.3 Å². The molecule has 0 saturated heterocycles. The van der Waals surface area contributed by atoms with Crippen molar-refractivity contribution in [2.24, 2.45) is 0 Å². The van der Waals surface area contributed by atoms with Crippen LogP contribution in [0.3, 0.4) is 0 Å². The van der Waals surface area contributed by atoms with Gasteiger partial charge in [0.1, 0.15) is 5.76 Å². The molecule has 0 saturated carbocycles. The van der Waals surface area contributed by atoms with E-state index in [2.05, 4.69) is 0 Å². The lowest BCUT2D eigenvalue weighted by molar-refractivity contribution is 0.336. The summed E-state index contributed by atoms with van der Waals surface area (Å²) in [6.07, 6.45) is 3.01. The molecule has 0 aliphatic carbocycles. The summed E-state index contributed by atoms with van der Waals surface area (Å²) in [5.74, 6) is 0.579. The zero-order chi connectivity index (χ0) is 8.10. The molecule has 1 aromatic rings. The van der Waals surface area contributed by atoms with Crippen molar-refractivity contribution in [1.29, 1.82) is 5.26 Å². The molecular weight excluding hydrogens is 142 g/mol. The monoisotopic (exact) mass is 149 g/mol. The molecule has 0 aliphatic rings. The van der Waals surface area contributed by atoms with E-state index >= 15 is 0 Å². The average molecular weight is 149 g/mol. The minimum Gasteiger partial charge on any atom is -0.465 e. The van der Waals surface area contributed by atoms with Gasteiger partial charge in [0.05, 0.1) is 24.5 Å². The molecule has 1 aromatic heterocycles. The fourth-order valence-electron chi connectivity index (χ4n) is 0.658. The first-order valence-corrected chi connectivity index (χ1v) is 3.12. The highest BCUT2D eigenvalue weighted by Crippen LogP contribution is 2.05. The molecule has 0 bridgehead atoms. The molecule has 0 spiro atoms. The Morgan fingerprint density at radius 2 is 2.64 bits per heavy atom. The SMILES string of the molecule is N#C/C(=C/c1ccco1)CO. The summed E-state index contributed by atoms with van der Waals surface area (Å²) in [5.41, 5.74) is 0.292. The topological polar surface area (TPSA) is 57.2 Å². The van der Waals surface area contributed by atoms with Gasteiger partial charge in [-0.3, -0.25) is 0 Å². The van der Waals surface area contributed by atoms with E-state index < -0.39 is 0 Å². The van der Waals surface area contributed by atoms with Gasteiger partial charge < -0.3 is 9.52 Å². The number of hydrogen-bond acceptors (Lipinski definition) is 3. The number of aliphatic hydroxyl groups is 1. The highest BCUT2D eigenvalue weighted by Gasteiger charge is 1.94. The Morgan fingerprint density at radius 1 is 1.82 bits per heavy atom. The molecule has 1 heterocycles. The number of aliphatic hydroxyl groups excluding tert-OH is 1. The maximum Gasteiger partial charge on any atom is 0.127 e. The van der Waals surface area contributed by atoms with Crippen LogP contribution < -0.4 is 0 Å². The van der Waals surface area contributed by atoms with E-state index in [0.29, 0.717) is 11.3 Å². The smallest absolute Gasteiger partial charge is 0.127 e. The van der Waals surface area contributed by atoms with Crippen LogP contribution in [0.1, 0.15) is 5.76 Å². The molecule has 1 N–H and O–H groups in total. The molecule has 0 atom stereocenters. The van der Waals surface area contributed by atoms with E-state index in [0.717, 1.165) is 0 Å². The van der Waals surface area contributed by atoms with Crippen molar-refractivity contribution >= 4 is 6.08 Å². The normalized spacial score (nSPS) is 11.1. The highest BCUT2D eigenvalue weighted by atomic mass is 16.3. The van der Waals surface area contributed by atoms with Gasteiger partial charge in [0.25, 0.3) is 0 Å². The largest absolute Gasteiger partial charge is 0.465 e. The maximum absolute atomic E-state index is 8.59. The van der Waals surface area contributed by atoms with Crippen LogP contribution in [0.2, 0.25) is 0 Å². The Morgan fingerprint density at radius 3 is 3.09 bits per heavy atom. The molecule has 56 valence electrons. The second-order valence-electron chi connectivity index (χ2n) is 1.95. The molecule has 0 amide bonds. The van der Waals surface area contributed by atoms with Crippen LogP contribution >= 0.6 is 0 Å². The molecule has 3 nitrogen and oxygen atoms in total. The van der Waals surface area contributed by atoms with Gasteiger partial charge in [-0.2, -0.15) is 5.26 Å². The summed E-state index contributed by atoms with van der Waals surface area (Å²) >= 11 is 0. The van der Waals surface area contributed by atoms with Gasteiger partial charge in [-0.15, -0.1) is 0 Å². The van der Waals surface area contributed by atoms with E-state index in [1.807, 2.05) is 6.07 Å². The minimum atomic E-state index is -0.253. The molecular formula is C8H7NO2. The van der Waals surface area contributed by atoms with Gasteiger partial charge in [0, 0.05) is 0 Å². The summed E-state index contributed by atoms with van der Waals surface area (Å²) in [7, 11) is 0. The predicted octanol–water partition coefficient (Wildman–Crippen LogP) is 1.18. The fourth-order valence-corrected chi connectivity index (χ4v) is 0.658. The predicted molar refractivity (Wildman–Crippen MR) is 39.4 cm³/mol. The van der Waals surface area contributed by atoms with Gasteiger partial charge in [0.15, 0.2) is 0 Å². The van der Waals surface area contributed by atoms with Gasteiger partial charge in [-0.05, 0) is 18.2 Å². The quantitative estimate of drug-likeness (QED) is 0.642. The Balaban J connectivity index is 2.81. The van der Waals surface area contributed by atoms with Crippen LogP contribution in [0.25, 0.3) is 6.08 Å². The van der Waals surface area contributed by atoms with E-state index in [4.69, 9.17) is 14.8 Å². The van der Waals surface area contributed by atoms with Gasteiger partial charge in [0.2, 0.25) is 0 Å². The number of nitrogens with zero attached hydrogens (tertiary/aromatic N) is 1. The summed E-state index contributed by atoms with van der Waals surface area (Å²) in [4.78, 5) is 0. The van der Waals surface area contributed by atoms with Crippen molar-refractivity contribution in [1.82, 2.24) is 0 Å². The molecule has 11 heavy (non-hydrogen) atoms. The van der Waals surface area contributed by atoms with Crippen LogP contribution in [-0.2, 0) is 0 Å². The first kappa shape index (κ1) is 7.58. The molecule has 0 unspecified atom stereocenters. The minimum absolute atomic E-state index is 0.253. The number of nitriles is 1. The summed E-state index contributed by atoms with van der Waals surface area (Å²) in [5, 5.41) is 17.0. The Hall–Kier alpha value is -1.53. The second kappa shape index (κ2) is 3.59. The second-order valence-corrected chi connectivity index (χ2v) is 1.95. The lowest BCUT2D eigenvalue weighted by Crippen LogP contribution is -1.84. The van der Waals surface area contributed by atoms with Crippen molar-refractivity contribution in [2.45, 2.75) is 0 Å². The fraction of sp³-hybridized carbons (Fsp3) is 0.125. The third-order valence-corrected chi connectivity index (χ3v) is 1.17. The lowest BCUT2D eigenvalue weighted by Gasteiger charge is -1.87. The molecule has 0 aromatic carbocycles. The summed E-state index contributed by atoms with van der Waals surface area (Å²) < 4.78 is 4.93. The lowest BCUT2D eigenvalue weighted by atomic mass is 10.2. The molecule has 0 fully saturated rings. The Labute approximate surface area is 64.2 Å². The average Bonchev–Trinajstić information content (AvgIpc) is 2.52. The van der Waals surface area contributed by atoms with Crippen molar-refractivity contribution in [3.05, 3.63) is 29.7 Å². The third-order valence-electron chi connectivity index (χ3n) is 1.17. The van der Waals surface area contributed by atoms with Gasteiger partial charge >= 0.3 is 0 Å². The molecule has 0 radical (unpaired) electrons. The molecule has 0 aliphatic heterocycles. The Kier molecular flexibility index (Phi) is 2.47. The molecule has 1 rings (SSSR count). The Bertz CT molecular complexity index is 280. The first-order chi connectivity index (χ1) is 5.36. The number of furan rings is 1. The third kappa shape index (κ3) is 1.95. The summed E-state index contributed by atoms with van der Waals surface area (Å²) in [6, 6.07) is 5.28. The molecule has 3 heteroatoms. The van der Waals surface area contributed by atoms with E-state index in [-0.39, 0.29) is 6.61 Å². The van der Waals surface area contributed by atoms with E-state index in [1.54, 1.807) is 12.1 Å². The standard InChI is InChI=1S/C8H7NO2/c9-5-7(6-10)4-8-2-1-3-11-8/h1-4,10H,6H2/b7-4-. The maximum atomic E-state index is 8.59. The van der Waals surface area contributed by atoms with Crippen molar-refractivity contribution < 1.29 is 9.52 Å². The van der Waals surface area contributed by atoms with Crippen molar-refractivity contribution in [2.75, 3.05) is 6.61 Å².